The van der Waals surface area contributed by atoms with E-state index in [1.807, 2.05) is 13.1 Å². The summed E-state index contributed by atoms with van der Waals surface area (Å²) in [6.07, 6.45) is 0. The predicted molar refractivity (Wildman–Crippen MR) is 99.0 cm³/mol. The van der Waals surface area contributed by atoms with Crippen LogP contribution in [0.5, 0.6) is 0 Å². The highest BCUT2D eigenvalue weighted by Gasteiger charge is 2.14. The Balaban J connectivity index is 1.69. The summed E-state index contributed by atoms with van der Waals surface area (Å²) in [6, 6.07) is 13.0. The van der Waals surface area contributed by atoms with Crippen molar-refractivity contribution in [2.75, 3.05) is 0 Å². The molecule has 3 aromatic rings. The molecule has 0 N–H and O–H groups in total. The van der Waals surface area contributed by atoms with Crippen molar-refractivity contribution in [1.82, 2.24) is 14.8 Å². The van der Waals surface area contributed by atoms with E-state index in [0.717, 1.165) is 21.6 Å². The SMILES string of the molecule is Cn1c(SCc2ccc(C(C)(C)C)cc2)nnc1-c1cccs1. The van der Waals surface area contributed by atoms with E-state index >= 15 is 0 Å². The Morgan fingerprint density at radius 3 is 2.43 bits per heavy atom. The van der Waals surface area contributed by atoms with Gasteiger partial charge in [-0.3, -0.25) is 0 Å². The van der Waals surface area contributed by atoms with Gasteiger partial charge in [-0.15, -0.1) is 21.5 Å². The fourth-order valence-electron chi connectivity index (χ4n) is 2.31. The molecule has 0 aliphatic heterocycles. The van der Waals surface area contributed by atoms with Crippen LogP contribution in [-0.4, -0.2) is 14.8 Å². The first-order valence-corrected chi connectivity index (χ1v) is 9.47. The molecule has 0 saturated carbocycles. The van der Waals surface area contributed by atoms with Crippen LogP contribution in [0.2, 0.25) is 0 Å². The van der Waals surface area contributed by atoms with Gasteiger partial charge in [0, 0.05) is 12.8 Å². The van der Waals surface area contributed by atoms with Crippen LogP contribution in [0.3, 0.4) is 0 Å². The normalized spacial score (nSPS) is 11.8. The molecule has 0 unspecified atom stereocenters. The molecular formula is C18H21N3S2. The average molecular weight is 344 g/mol. The van der Waals surface area contributed by atoms with Crippen LogP contribution < -0.4 is 0 Å². The molecule has 0 aliphatic carbocycles. The molecule has 0 aliphatic rings. The molecule has 0 saturated heterocycles. The van der Waals surface area contributed by atoms with Crippen LogP contribution in [0.25, 0.3) is 10.7 Å². The fraction of sp³-hybridized carbons (Fsp3) is 0.333. The molecule has 23 heavy (non-hydrogen) atoms. The molecule has 1 aromatic carbocycles. The molecule has 5 heteroatoms. The highest BCUT2D eigenvalue weighted by atomic mass is 32.2. The van der Waals surface area contributed by atoms with E-state index in [0.29, 0.717) is 0 Å². The number of thiophene rings is 1. The monoisotopic (exact) mass is 343 g/mol. The van der Waals surface area contributed by atoms with Gasteiger partial charge in [-0.05, 0) is 28.0 Å². The van der Waals surface area contributed by atoms with Crippen LogP contribution in [0.1, 0.15) is 31.9 Å². The second-order valence-electron chi connectivity index (χ2n) is 6.58. The van der Waals surface area contributed by atoms with Crippen molar-refractivity contribution in [3.8, 4) is 10.7 Å². The van der Waals surface area contributed by atoms with Gasteiger partial charge in [-0.25, -0.2) is 0 Å². The maximum Gasteiger partial charge on any atom is 0.191 e. The zero-order valence-corrected chi connectivity index (χ0v) is 15.5. The van der Waals surface area contributed by atoms with Gasteiger partial charge >= 0.3 is 0 Å². The van der Waals surface area contributed by atoms with Gasteiger partial charge < -0.3 is 4.57 Å². The first-order valence-electron chi connectivity index (χ1n) is 7.60. The Bertz CT molecular complexity index is 766. The van der Waals surface area contributed by atoms with E-state index in [9.17, 15) is 0 Å². The number of hydrogen-bond donors (Lipinski definition) is 0. The average Bonchev–Trinajstić information content (AvgIpc) is 3.14. The minimum atomic E-state index is 0.199. The van der Waals surface area contributed by atoms with Crippen LogP contribution in [0.4, 0.5) is 0 Å². The molecule has 2 heterocycles. The van der Waals surface area contributed by atoms with Gasteiger partial charge in [0.1, 0.15) is 0 Å². The van der Waals surface area contributed by atoms with E-state index < -0.39 is 0 Å². The Hall–Kier alpha value is -1.59. The van der Waals surface area contributed by atoms with Crippen LogP contribution >= 0.6 is 23.1 Å². The third-order valence-electron chi connectivity index (χ3n) is 3.76. The second-order valence-corrected chi connectivity index (χ2v) is 8.47. The van der Waals surface area contributed by atoms with Crippen molar-refractivity contribution in [2.45, 2.75) is 37.1 Å². The highest BCUT2D eigenvalue weighted by molar-refractivity contribution is 7.98. The molecule has 0 amide bonds. The first-order chi connectivity index (χ1) is 10.9. The number of nitrogens with zero attached hydrogens (tertiary/aromatic N) is 3. The minimum Gasteiger partial charge on any atom is -0.304 e. The molecule has 0 atom stereocenters. The van der Waals surface area contributed by atoms with E-state index in [-0.39, 0.29) is 5.41 Å². The summed E-state index contributed by atoms with van der Waals surface area (Å²) in [5.74, 6) is 1.84. The Morgan fingerprint density at radius 2 is 1.83 bits per heavy atom. The van der Waals surface area contributed by atoms with Gasteiger partial charge in [0.05, 0.1) is 4.88 Å². The van der Waals surface area contributed by atoms with Crippen molar-refractivity contribution in [3.63, 3.8) is 0 Å². The standard InChI is InChI=1S/C18H21N3S2/c1-18(2,3)14-9-7-13(8-10-14)12-23-17-20-19-16(21(17)4)15-6-5-11-22-15/h5-11H,12H2,1-4H3. The molecule has 0 fully saturated rings. The lowest BCUT2D eigenvalue weighted by molar-refractivity contribution is 0.590. The topological polar surface area (TPSA) is 30.7 Å². The Labute approximate surface area is 145 Å². The van der Waals surface area contributed by atoms with Crippen molar-refractivity contribution in [2.24, 2.45) is 7.05 Å². The molecule has 3 rings (SSSR count). The molecular weight excluding hydrogens is 322 g/mol. The first kappa shape index (κ1) is 16.3. The van der Waals surface area contributed by atoms with E-state index in [2.05, 4.69) is 71.2 Å². The molecule has 120 valence electrons. The van der Waals surface area contributed by atoms with Crippen molar-refractivity contribution >= 4 is 23.1 Å². The number of thioether (sulfide) groups is 1. The largest absolute Gasteiger partial charge is 0.304 e. The maximum absolute atomic E-state index is 4.33. The zero-order valence-electron chi connectivity index (χ0n) is 13.9. The quantitative estimate of drug-likeness (QED) is 0.615. The third kappa shape index (κ3) is 3.67. The third-order valence-corrected chi connectivity index (χ3v) is 5.72. The molecule has 2 aromatic heterocycles. The van der Waals surface area contributed by atoms with Gasteiger partial charge in [-0.2, -0.15) is 0 Å². The fourth-order valence-corrected chi connectivity index (χ4v) is 3.92. The Morgan fingerprint density at radius 1 is 1.09 bits per heavy atom. The lowest BCUT2D eigenvalue weighted by Gasteiger charge is -2.19. The summed E-state index contributed by atoms with van der Waals surface area (Å²) in [5, 5.41) is 11.7. The number of hydrogen-bond acceptors (Lipinski definition) is 4. The second kappa shape index (κ2) is 6.49. The molecule has 0 bridgehead atoms. The van der Waals surface area contributed by atoms with E-state index in [1.54, 1.807) is 23.1 Å². The summed E-state index contributed by atoms with van der Waals surface area (Å²) in [4.78, 5) is 1.15. The predicted octanol–water partition coefficient (Wildman–Crippen LogP) is 5.13. The van der Waals surface area contributed by atoms with Crippen molar-refractivity contribution in [3.05, 3.63) is 52.9 Å². The highest BCUT2D eigenvalue weighted by Crippen LogP contribution is 2.28. The zero-order chi connectivity index (χ0) is 16.4. The maximum atomic E-state index is 4.33. The smallest absolute Gasteiger partial charge is 0.191 e. The van der Waals surface area contributed by atoms with Gasteiger partial charge in [0.25, 0.3) is 0 Å². The molecule has 0 spiro atoms. The van der Waals surface area contributed by atoms with Crippen LogP contribution in [-0.2, 0) is 18.2 Å². The summed E-state index contributed by atoms with van der Waals surface area (Å²) >= 11 is 3.41. The minimum absolute atomic E-state index is 0.199. The number of rotatable bonds is 4. The van der Waals surface area contributed by atoms with Crippen LogP contribution in [0.15, 0.2) is 46.9 Å². The van der Waals surface area contributed by atoms with Crippen LogP contribution in [0, 0.1) is 0 Å². The van der Waals surface area contributed by atoms with Gasteiger partial charge in [-0.1, -0.05) is 62.9 Å². The van der Waals surface area contributed by atoms with E-state index in [4.69, 9.17) is 0 Å². The number of aromatic nitrogens is 3. The van der Waals surface area contributed by atoms with Crippen molar-refractivity contribution < 1.29 is 0 Å². The van der Waals surface area contributed by atoms with E-state index in [1.165, 1.54) is 11.1 Å². The molecule has 3 nitrogen and oxygen atoms in total. The lowest BCUT2D eigenvalue weighted by Crippen LogP contribution is -2.10. The van der Waals surface area contributed by atoms with Gasteiger partial charge in [0.2, 0.25) is 0 Å². The molecule has 0 radical (unpaired) electrons. The van der Waals surface area contributed by atoms with Crippen molar-refractivity contribution in [1.29, 1.82) is 0 Å². The Kier molecular flexibility index (Phi) is 4.60. The number of benzene rings is 1. The summed E-state index contributed by atoms with van der Waals surface area (Å²) in [6.45, 7) is 6.72. The summed E-state index contributed by atoms with van der Waals surface area (Å²) in [5.41, 5.74) is 2.87. The summed E-state index contributed by atoms with van der Waals surface area (Å²) < 4.78 is 2.07. The summed E-state index contributed by atoms with van der Waals surface area (Å²) in [7, 11) is 2.03. The lowest BCUT2D eigenvalue weighted by atomic mass is 9.87. The van der Waals surface area contributed by atoms with Gasteiger partial charge in [0.15, 0.2) is 11.0 Å².